The van der Waals surface area contributed by atoms with E-state index in [4.69, 9.17) is 4.74 Å². The Hall–Kier alpha value is -0.610. The number of rotatable bonds is 5. The number of hydrogen-bond acceptors (Lipinski definition) is 3. The van der Waals surface area contributed by atoms with Crippen molar-refractivity contribution in [3.8, 4) is 0 Å². The number of nitrogens with zero attached hydrogens (tertiary/aromatic N) is 1. The molecule has 0 radical (unpaired) electrons. The minimum atomic E-state index is 0.169. The van der Waals surface area contributed by atoms with Crippen molar-refractivity contribution in [2.45, 2.75) is 64.0 Å². The van der Waals surface area contributed by atoms with Crippen LogP contribution in [0.1, 0.15) is 51.9 Å². The van der Waals surface area contributed by atoms with Crippen molar-refractivity contribution in [3.63, 3.8) is 0 Å². The minimum absolute atomic E-state index is 0.169. The Morgan fingerprint density at radius 3 is 2.65 bits per heavy atom. The van der Waals surface area contributed by atoms with Gasteiger partial charge in [0, 0.05) is 19.2 Å². The van der Waals surface area contributed by atoms with Gasteiger partial charge in [0.2, 0.25) is 5.91 Å². The molecule has 0 aromatic carbocycles. The van der Waals surface area contributed by atoms with Crippen LogP contribution in [0.2, 0.25) is 0 Å². The Balaban J connectivity index is 1.67. The predicted molar refractivity (Wildman–Crippen MR) is 80.7 cm³/mol. The van der Waals surface area contributed by atoms with Crippen molar-refractivity contribution in [3.05, 3.63) is 0 Å². The molecule has 1 amide bonds. The number of carbonyl (C=O) groups is 1. The zero-order chi connectivity index (χ0) is 14.4. The average Bonchev–Trinajstić information content (AvgIpc) is 2.42. The Morgan fingerprint density at radius 2 is 1.95 bits per heavy atom. The van der Waals surface area contributed by atoms with Crippen LogP contribution in [-0.2, 0) is 9.53 Å². The maximum atomic E-state index is 12.1. The summed E-state index contributed by atoms with van der Waals surface area (Å²) in [5, 5.41) is 3.22. The van der Waals surface area contributed by atoms with Gasteiger partial charge in [0.05, 0.1) is 12.6 Å². The molecule has 20 heavy (non-hydrogen) atoms. The fourth-order valence-electron chi connectivity index (χ4n) is 3.39. The van der Waals surface area contributed by atoms with Gasteiger partial charge < -0.3 is 10.1 Å². The Labute approximate surface area is 123 Å². The van der Waals surface area contributed by atoms with Crippen LogP contribution in [0.5, 0.6) is 0 Å². The van der Waals surface area contributed by atoms with E-state index < -0.39 is 0 Å². The average molecular weight is 282 g/mol. The van der Waals surface area contributed by atoms with Crippen molar-refractivity contribution < 1.29 is 9.53 Å². The SMILES string of the molecule is CC1CCCCC1NC(=O)CN(C)CC1CCCCO1. The first-order chi connectivity index (χ1) is 9.65. The normalized spacial score (nSPS) is 31.2. The molecular formula is C16H30N2O2. The molecule has 116 valence electrons. The number of nitrogens with one attached hydrogen (secondary N) is 1. The molecule has 0 aromatic rings. The lowest BCUT2D eigenvalue weighted by Crippen LogP contribution is -2.46. The van der Waals surface area contributed by atoms with Crippen molar-refractivity contribution >= 4 is 5.91 Å². The number of ether oxygens (including phenoxy) is 1. The molecule has 3 atom stereocenters. The molecule has 4 nitrogen and oxygen atoms in total. The van der Waals surface area contributed by atoms with Gasteiger partial charge in [0.1, 0.15) is 0 Å². The third-order valence-electron chi connectivity index (χ3n) is 4.66. The summed E-state index contributed by atoms with van der Waals surface area (Å²) in [7, 11) is 2.02. The molecule has 3 unspecified atom stereocenters. The third-order valence-corrected chi connectivity index (χ3v) is 4.66. The second-order valence-corrected chi connectivity index (χ2v) is 6.62. The first-order valence-corrected chi connectivity index (χ1v) is 8.24. The van der Waals surface area contributed by atoms with Crippen LogP contribution >= 0.6 is 0 Å². The molecule has 1 saturated heterocycles. The molecular weight excluding hydrogens is 252 g/mol. The summed E-state index contributed by atoms with van der Waals surface area (Å²) in [4.78, 5) is 14.2. The molecule has 1 aliphatic carbocycles. The topological polar surface area (TPSA) is 41.6 Å². The summed E-state index contributed by atoms with van der Waals surface area (Å²) in [6.45, 7) is 4.49. The van der Waals surface area contributed by atoms with E-state index in [1.54, 1.807) is 0 Å². The third kappa shape index (κ3) is 5.06. The summed E-state index contributed by atoms with van der Waals surface area (Å²) in [6.07, 6.45) is 8.83. The monoisotopic (exact) mass is 282 g/mol. The second kappa shape index (κ2) is 7.99. The highest BCUT2D eigenvalue weighted by atomic mass is 16.5. The lowest BCUT2D eigenvalue weighted by atomic mass is 9.86. The Bertz CT molecular complexity index is 303. The molecule has 1 N–H and O–H groups in total. The molecule has 0 bridgehead atoms. The van der Waals surface area contributed by atoms with Gasteiger partial charge in [0.15, 0.2) is 0 Å². The fourth-order valence-corrected chi connectivity index (χ4v) is 3.39. The molecule has 4 heteroatoms. The van der Waals surface area contributed by atoms with E-state index in [0.29, 0.717) is 24.6 Å². The smallest absolute Gasteiger partial charge is 0.234 e. The largest absolute Gasteiger partial charge is 0.377 e. The van der Waals surface area contributed by atoms with E-state index >= 15 is 0 Å². The van der Waals surface area contributed by atoms with Crippen LogP contribution in [0.3, 0.4) is 0 Å². The summed E-state index contributed by atoms with van der Waals surface area (Å²) >= 11 is 0. The van der Waals surface area contributed by atoms with Crippen molar-refractivity contribution in [2.24, 2.45) is 5.92 Å². The van der Waals surface area contributed by atoms with Gasteiger partial charge >= 0.3 is 0 Å². The molecule has 0 aromatic heterocycles. The van der Waals surface area contributed by atoms with E-state index in [2.05, 4.69) is 17.1 Å². The second-order valence-electron chi connectivity index (χ2n) is 6.62. The highest BCUT2D eigenvalue weighted by molar-refractivity contribution is 5.78. The molecule has 2 rings (SSSR count). The van der Waals surface area contributed by atoms with Gasteiger partial charge in [-0.15, -0.1) is 0 Å². The van der Waals surface area contributed by atoms with Crippen molar-refractivity contribution in [2.75, 3.05) is 26.7 Å². The maximum Gasteiger partial charge on any atom is 0.234 e. The number of likely N-dealkylation sites (N-methyl/N-ethyl adjacent to an activating group) is 1. The molecule has 0 spiro atoms. The molecule has 1 saturated carbocycles. The lowest BCUT2D eigenvalue weighted by Gasteiger charge is -2.31. The minimum Gasteiger partial charge on any atom is -0.377 e. The highest BCUT2D eigenvalue weighted by Gasteiger charge is 2.23. The van der Waals surface area contributed by atoms with Gasteiger partial charge in [0.25, 0.3) is 0 Å². The summed E-state index contributed by atoms with van der Waals surface area (Å²) in [5.41, 5.74) is 0. The van der Waals surface area contributed by atoms with Gasteiger partial charge in [-0.2, -0.15) is 0 Å². The van der Waals surface area contributed by atoms with Crippen LogP contribution in [0.15, 0.2) is 0 Å². The van der Waals surface area contributed by atoms with Gasteiger partial charge in [-0.05, 0) is 45.1 Å². The standard InChI is InChI=1S/C16H30N2O2/c1-13-7-3-4-9-15(13)17-16(19)12-18(2)11-14-8-5-6-10-20-14/h13-15H,3-12H2,1-2H3,(H,17,19). The van der Waals surface area contributed by atoms with Crippen LogP contribution in [0, 0.1) is 5.92 Å². The highest BCUT2D eigenvalue weighted by Crippen LogP contribution is 2.23. The van der Waals surface area contributed by atoms with E-state index in [-0.39, 0.29) is 5.91 Å². The zero-order valence-corrected chi connectivity index (χ0v) is 13.1. The summed E-state index contributed by atoms with van der Waals surface area (Å²) < 4.78 is 5.72. The molecule has 2 fully saturated rings. The number of carbonyl (C=O) groups excluding carboxylic acids is 1. The van der Waals surface area contributed by atoms with Gasteiger partial charge in [-0.3, -0.25) is 9.69 Å². The number of amides is 1. The Morgan fingerprint density at radius 1 is 1.20 bits per heavy atom. The molecule has 2 aliphatic rings. The van der Waals surface area contributed by atoms with Crippen LogP contribution in [0.25, 0.3) is 0 Å². The first-order valence-electron chi connectivity index (χ1n) is 8.24. The van der Waals surface area contributed by atoms with Gasteiger partial charge in [-0.1, -0.05) is 19.8 Å². The Kier molecular flexibility index (Phi) is 6.30. The van der Waals surface area contributed by atoms with E-state index in [9.17, 15) is 4.79 Å². The summed E-state index contributed by atoms with van der Waals surface area (Å²) in [6, 6.07) is 0.385. The van der Waals surface area contributed by atoms with Crippen LogP contribution < -0.4 is 5.32 Å². The van der Waals surface area contributed by atoms with E-state index in [1.165, 1.54) is 32.1 Å². The van der Waals surface area contributed by atoms with Crippen molar-refractivity contribution in [1.29, 1.82) is 0 Å². The molecule has 1 aliphatic heterocycles. The maximum absolute atomic E-state index is 12.1. The summed E-state index contributed by atoms with van der Waals surface area (Å²) in [5.74, 6) is 0.793. The van der Waals surface area contributed by atoms with E-state index in [0.717, 1.165) is 26.0 Å². The van der Waals surface area contributed by atoms with Gasteiger partial charge in [-0.25, -0.2) is 0 Å². The number of hydrogen-bond donors (Lipinski definition) is 1. The fraction of sp³-hybridized carbons (Fsp3) is 0.938. The quantitative estimate of drug-likeness (QED) is 0.840. The van der Waals surface area contributed by atoms with Crippen molar-refractivity contribution in [1.82, 2.24) is 10.2 Å². The first kappa shape index (κ1) is 15.8. The molecule has 1 heterocycles. The van der Waals surface area contributed by atoms with Crippen LogP contribution in [-0.4, -0.2) is 49.7 Å². The van der Waals surface area contributed by atoms with Crippen LogP contribution in [0.4, 0.5) is 0 Å². The predicted octanol–water partition coefficient (Wildman–Crippen LogP) is 2.18. The zero-order valence-electron chi connectivity index (χ0n) is 13.1. The lowest BCUT2D eigenvalue weighted by molar-refractivity contribution is -0.123. The van der Waals surface area contributed by atoms with E-state index in [1.807, 2.05) is 7.05 Å².